The fourth-order valence-electron chi connectivity index (χ4n) is 3.88. The monoisotopic (exact) mass is 484 g/mol. The van der Waals surface area contributed by atoms with Crippen LogP contribution >= 0.6 is 23.4 Å². The molecule has 31 heavy (non-hydrogen) atoms. The molecule has 168 valence electrons. The minimum Gasteiger partial charge on any atom is -0.376 e. The summed E-state index contributed by atoms with van der Waals surface area (Å²) < 4.78 is 31.3. The zero-order valence-corrected chi connectivity index (χ0v) is 19.6. The van der Waals surface area contributed by atoms with E-state index in [9.17, 15) is 13.2 Å². The van der Waals surface area contributed by atoms with Crippen molar-refractivity contribution in [2.75, 3.05) is 30.9 Å². The van der Waals surface area contributed by atoms with Gasteiger partial charge in [0.1, 0.15) is 0 Å². The van der Waals surface area contributed by atoms with Crippen molar-refractivity contribution in [3.8, 4) is 11.4 Å². The van der Waals surface area contributed by atoms with Gasteiger partial charge >= 0.3 is 0 Å². The van der Waals surface area contributed by atoms with Crippen molar-refractivity contribution in [2.45, 2.75) is 43.1 Å². The molecule has 0 N–H and O–H groups in total. The first-order valence-electron chi connectivity index (χ1n) is 10.2. The molecule has 2 atom stereocenters. The lowest BCUT2D eigenvalue weighted by Crippen LogP contribution is -2.38. The van der Waals surface area contributed by atoms with Crippen LogP contribution in [0.4, 0.5) is 0 Å². The average Bonchev–Trinajstić information content (AvgIpc) is 3.47. The minimum absolute atomic E-state index is 0.0375. The molecule has 2 aliphatic rings. The fraction of sp³-hybridized carbons (Fsp3) is 0.550. The number of benzene rings is 1. The molecule has 4 rings (SSSR count). The lowest BCUT2D eigenvalue weighted by atomic mass is 10.2. The molecule has 0 radical (unpaired) electrons. The molecule has 0 unspecified atom stereocenters. The van der Waals surface area contributed by atoms with E-state index in [4.69, 9.17) is 16.3 Å². The second-order valence-electron chi connectivity index (χ2n) is 7.91. The molecule has 1 amide bonds. The highest BCUT2D eigenvalue weighted by Gasteiger charge is 2.33. The molecule has 1 aromatic heterocycles. The molecule has 0 bridgehead atoms. The van der Waals surface area contributed by atoms with Gasteiger partial charge in [-0.15, -0.1) is 10.2 Å². The zero-order chi connectivity index (χ0) is 22.0. The Morgan fingerprint density at radius 3 is 2.71 bits per heavy atom. The number of nitrogens with zero attached hydrogens (tertiary/aromatic N) is 4. The fourth-order valence-corrected chi connectivity index (χ4v) is 6.65. The summed E-state index contributed by atoms with van der Waals surface area (Å²) in [5, 5.41) is 9.98. The van der Waals surface area contributed by atoms with Crippen LogP contribution in [0.2, 0.25) is 5.02 Å². The number of hydrogen-bond donors (Lipinski definition) is 0. The summed E-state index contributed by atoms with van der Waals surface area (Å²) in [4.78, 5) is 14.3. The van der Waals surface area contributed by atoms with E-state index in [1.807, 2.05) is 28.8 Å². The third-order valence-electron chi connectivity index (χ3n) is 5.70. The highest BCUT2D eigenvalue weighted by atomic mass is 35.5. The number of sulfone groups is 1. The first-order valence-corrected chi connectivity index (χ1v) is 13.4. The van der Waals surface area contributed by atoms with Crippen molar-refractivity contribution in [2.24, 2.45) is 0 Å². The maximum absolute atomic E-state index is 12.7. The normalized spacial score (nSPS) is 22.6. The second kappa shape index (κ2) is 9.48. The minimum atomic E-state index is -3.04. The van der Waals surface area contributed by atoms with Gasteiger partial charge in [-0.2, -0.15) is 0 Å². The van der Waals surface area contributed by atoms with Crippen LogP contribution in [0.3, 0.4) is 0 Å². The van der Waals surface area contributed by atoms with E-state index >= 15 is 0 Å². The third kappa shape index (κ3) is 5.42. The highest BCUT2D eigenvalue weighted by molar-refractivity contribution is 7.99. The Hall–Kier alpha value is -1.62. The van der Waals surface area contributed by atoms with Gasteiger partial charge in [-0.25, -0.2) is 8.42 Å². The lowest BCUT2D eigenvalue weighted by Gasteiger charge is -2.23. The number of ether oxygens (including phenoxy) is 1. The standard InChI is InChI=1S/C20H25ClN4O4S2/c1-24(16-8-10-31(27,28)13-16)18(26)12-30-20-23-22-19(14-4-6-15(21)7-5-14)25(20)11-17-3-2-9-29-17/h4-7,16-17H,2-3,8-13H2,1H3/t16-,17-/m1/s1. The lowest BCUT2D eigenvalue weighted by molar-refractivity contribution is -0.128. The predicted molar refractivity (Wildman–Crippen MR) is 120 cm³/mol. The Balaban J connectivity index is 1.49. The Bertz CT molecular complexity index is 1040. The second-order valence-corrected chi connectivity index (χ2v) is 11.5. The van der Waals surface area contributed by atoms with Gasteiger partial charge in [-0.05, 0) is 43.5 Å². The van der Waals surface area contributed by atoms with Crippen molar-refractivity contribution in [1.82, 2.24) is 19.7 Å². The third-order valence-corrected chi connectivity index (χ3v) is 8.66. The van der Waals surface area contributed by atoms with Crippen molar-refractivity contribution >= 4 is 39.1 Å². The quantitative estimate of drug-likeness (QED) is 0.557. The van der Waals surface area contributed by atoms with Gasteiger partial charge < -0.3 is 9.64 Å². The Labute approximate surface area is 191 Å². The number of carbonyl (C=O) groups is 1. The van der Waals surface area contributed by atoms with E-state index in [-0.39, 0.29) is 35.3 Å². The molecule has 2 fully saturated rings. The van der Waals surface area contributed by atoms with Crippen molar-refractivity contribution in [3.05, 3.63) is 29.3 Å². The van der Waals surface area contributed by atoms with Crippen molar-refractivity contribution in [3.63, 3.8) is 0 Å². The molecule has 1 aromatic carbocycles. The van der Waals surface area contributed by atoms with Gasteiger partial charge in [0.05, 0.1) is 29.9 Å². The number of rotatable bonds is 7. The summed E-state index contributed by atoms with van der Waals surface area (Å²) in [5.74, 6) is 0.930. The van der Waals surface area contributed by atoms with Crippen molar-refractivity contribution < 1.29 is 17.9 Å². The van der Waals surface area contributed by atoms with E-state index in [2.05, 4.69) is 10.2 Å². The summed E-state index contributed by atoms with van der Waals surface area (Å²) in [6.45, 7) is 1.36. The molecule has 2 aliphatic heterocycles. The van der Waals surface area contributed by atoms with Gasteiger partial charge in [0.25, 0.3) is 0 Å². The number of hydrogen-bond acceptors (Lipinski definition) is 7. The summed E-state index contributed by atoms with van der Waals surface area (Å²) in [7, 11) is -1.37. The molecule has 8 nitrogen and oxygen atoms in total. The van der Waals surface area contributed by atoms with E-state index < -0.39 is 9.84 Å². The molecule has 0 spiro atoms. The number of halogens is 1. The van der Waals surface area contributed by atoms with E-state index in [0.717, 1.165) is 25.0 Å². The largest absolute Gasteiger partial charge is 0.376 e. The van der Waals surface area contributed by atoms with Crippen LogP contribution in [0.1, 0.15) is 19.3 Å². The summed E-state index contributed by atoms with van der Waals surface area (Å²) >= 11 is 7.33. The van der Waals surface area contributed by atoms with Gasteiger partial charge in [0, 0.05) is 30.3 Å². The highest BCUT2D eigenvalue weighted by Crippen LogP contribution is 2.28. The number of amides is 1. The maximum atomic E-state index is 12.7. The molecular formula is C20H25ClN4O4S2. The number of carbonyl (C=O) groups excluding carboxylic acids is 1. The SMILES string of the molecule is CN(C(=O)CSc1nnc(-c2ccc(Cl)cc2)n1C[C@H]1CCCO1)[C@@H]1CCS(=O)(=O)C1. The molecular weight excluding hydrogens is 460 g/mol. The maximum Gasteiger partial charge on any atom is 0.233 e. The van der Waals surface area contributed by atoms with Crippen LogP contribution < -0.4 is 0 Å². The van der Waals surface area contributed by atoms with Gasteiger partial charge in [0.2, 0.25) is 5.91 Å². The van der Waals surface area contributed by atoms with E-state index in [1.165, 1.54) is 11.8 Å². The molecule has 3 heterocycles. The van der Waals surface area contributed by atoms with Crippen LogP contribution in [0.5, 0.6) is 0 Å². The Morgan fingerprint density at radius 1 is 1.29 bits per heavy atom. The van der Waals surface area contributed by atoms with Gasteiger partial charge in [0.15, 0.2) is 20.8 Å². The molecule has 2 saturated heterocycles. The summed E-state index contributed by atoms with van der Waals surface area (Å²) in [5.41, 5.74) is 0.890. The first-order chi connectivity index (χ1) is 14.8. The molecule has 2 aromatic rings. The molecule has 0 saturated carbocycles. The van der Waals surface area contributed by atoms with Crippen LogP contribution in [-0.4, -0.2) is 77.0 Å². The predicted octanol–water partition coefficient (Wildman–Crippen LogP) is 2.52. The topological polar surface area (TPSA) is 94.4 Å². The first kappa shape index (κ1) is 22.6. The number of thioether (sulfide) groups is 1. The van der Waals surface area contributed by atoms with Crippen LogP contribution in [0.25, 0.3) is 11.4 Å². The Kier molecular flexibility index (Phi) is 6.90. The number of aromatic nitrogens is 3. The van der Waals surface area contributed by atoms with Crippen LogP contribution in [-0.2, 0) is 25.9 Å². The van der Waals surface area contributed by atoms with E-state index in [1.54, 1.807) is 11.9 Å². The summed E-state index contributed by atoms with van der Waals surface area (Å²) in [6, 6.07) is 7.15. The summed E-state index contributed by atoms with van der Waals surface area (Å²) in [6.07, 6.45) is 2.58. The van der Waals surface area contributed by atoms with Crippen LogP contribution in [0.15, 0.2) is 29.4 Å². The van der Waals surface area contributed by atoms with Gasteiger partial charge in [-0.3, -0.25) is 9.36 Å². The zero-order valence-electron chi connectivity index (χ0n) is 17.2. The van der Waals surface area contributed by atoms with Gasteiger partial charge in [-0.1, -0.05) is 23.4 Å². The smallest absolute Gasteiger partial charge is 0.233 e. The van der Waals surface area contributed by atoms with Crippen LogP contribution in [0, 0.1) is 0 Å². The Morgan fingerprint density at radius 2 is 2.06 bits per heavy atom. The molecule has 11 heteroatoms. The molecule has 0 aliphatic carbocycles. The average molecular weight is 485 g/mol. The van der Waals surface area contributed by atoms with E-state index in [0.29, 0.717) is 29.0 Å². The van der Waals surface area contributed by atoms with Crippen molar-refractivity contribution in [1.29, 1.82) is 0 Å².